The average molecular weight is 294 g/mol. The molecule has 1 N–H and O–H groups in total. The van der Waals surface area contributed by atoms with Crippen LogP contribution in [0.5, 0.6) is 5.75 Å². The Balaban J connectivity index is 2.17. The van der Waals surface area contributed by atoms with Gasteiger partial charge in [-0.25, -0.2) is 0 Å². The number of hydrogen-bond acceptors (Lipinski definition) is 3. The molecule has 0 amide bonds. The molecule has 0 atom stereocenters. The predicted molar refractivity (Wildman–Crippen MR) is 88.2 cm³/mol. The van der Waals surface area contributed by atoms with Crippen LogP contribution in [0.25, 0.3) is 22.3 Å². The Morgan fingerprint density at radius 1 is 1.09 bits per heavy atom. The highest BCUT2D eigenvalue weighted by molar-refractivity contribution is 5.85. The van der Waals surface area contributed by atoms with Crippen LogP contribution < -0.4 is 5.43 Å². The van der Waals surface area contributed by atoms with E-state index in [-0.39, 0.29) is 16.6 Å². The van der Waals surface area contributed by atoms with E-state index in [9.17, 15) is 9.90 Å². The molecule has 3 aromatic rings. The van der Waals surface area contributed by atoms with Gasteiger partial charge in [-0.1, -0.05) is 43.7 Å². The molecule has 1 heterocycles. The fraction of sp³-hybridized carbons (Fsp3) is 0.211. The highest BCUT2D eigenvalue weighted by atomic mass is 16.3. The van der Waals surface area contributed by atoms with Gasteiger partial charge in [0, 0.05) is 11.6 Å². The summed E-state index contributed by atoms with van der Waals surface area (Å²) in [7, 11) is 0. The zero-order valence-electron chi connectivity index (χ0n) is 12.5. The van der Waals surface area contributed by atoms with E-state index in [1.807, 2.05) is 36.4 Å². The lowest BCUT2D eigenvalue weighted by Gasteiger charge is -2.07. The molecule has 22 heavy (non-hydrogen) atoms. The summed E-state index contributed by atoms with van der Waals surface area (Å²) in [6.45, 7) is 2.12. The van der Waals surface area contributed by atoms with E-state index in [0.29, 0.717) is 11.3 Å². The Kier molecular flexibility index (Phi) is 3.96. The summed E-state index contributed by atoms with van der Waals surface area (Å²) in [6.07, 6.45) is 2.97. The molecule has 0 radical (unpaired) electrons. The van der Waals surface area contributed by atoms with Crippen molar-refractivity contribution in [1.29, 1.82) is 0 Å². The Labute approximate surface area is 128 Å². The lowest BCUT2D eigenvalue weighted by Crippen LogP contribution is -2.01. The number of benzene rings is 2. The number of phenolic OH excluding ortho intramolecular Hbond substituents is 1. The molecule has 3 heteroatoms. The molecule has 0 fully saturated rings. The van der Waals surface area contributed by atoms with Crippen LogP contribution in [0.3, 0.4) is 0 Å². The molecule has 0 aliphatic rings. The third kappa shape index (κ3) is 2.75. The fourth-order valence-electron chi connectivity index (χ4n) is 2.59. The molecular formula is C19H18O3. The van der Waals surface area contributed by atoms with Gasteiger partial charge in [-0.15, -0.1) is 0 Å². The highest BCUT2D eigenvalue weighted by Gasteiger charge is 2.12. The summed E-state index contributed by atoms with van der Waals surface area (Å²) in [5.74, 6) is 0.516. The summed E-state index contributed by atoms with van der Waals surface area (Å²) < 4.78 is 5.87. The second-order valence-corrected chi connectivity index (χ2v) is 5.43. The normalized spacial score (nSPS) is 11.0. The number of phenols is 1. The average Bonchev–Trinajstić information content (AvgIpc) is 2.53. The standard InChI is InChI=1S/C19H18O3/c1-2-3-7-13-10-15(20)19-16(21)12-17(22-18(19)11-13)14-8-5-4-6-9-14/h4-6,8-12,20H,2-3,7H2,1H3. The predicted octanol–water partition coefficient (Wildman–Crippen LogP) is 4.51. The molecule has 0 aliphatic heterocycles. The Morgan fingerprint density at radius 3 is 2.59 bits per heavy atom. The van der Waals surface area contributed by atoms with Gasteiger partial charge in [0.05, 0.1) is 0 Å². The molecule has 0 saturated heterocycles. The van der Waals surface area contributed by atoms with E-state index in [2.05, 4.69) is 6.92 Å². The van der Waals surface area contributed by atoms with Gasteiger partial charge in [0.25, 0.3) is 0 Å². The molecule has 3 nitrogen and oxygen atoms in total. The quantitative estimate of drug-likeness (QED) is 0.770. The number of aryl methyl sites for hydroxylation is 1. The van der Waals surface area contributed by atoms with Crippen LogP contribution in [0.1, 0.15) is 25.3 Å². The zero-order valence-corrected chi connectivity index (χ0v) is 12.5. The van der Waals surface area contributed by atoms with Crippen molar-refractivity contribution in [2.75, 3.05) is 0 Å². The molecule has 0 spiro atoms. The maximum absolute atomic E-state index is 12.3. The SMILES string of the molecule is CCCCc1cc(O)c2c(=O)cc(-c3ccccc3)oc2c1. The van der Waals surface area contributed by atoms with E-state index < -0.39 is 0 Å². The molecule has 112 valence electrons. The third-order valence-electron chi connectivity index (χ3n) is 3.75. The van der Waals surface area contributed by atoms with Gasteiger partial charge in [-0.2, -0.15) is 0 Å². The maximum Gasteiger partial charge on any atom is 0.197 e. The first-order valence-electron chi connectivity index (χ1n) is 7.54. The molecule has 2 aromatic carbocycles. The van der Waals surface area contributed by atoms with Crippen LogP contribution in [-0.4, -0.2) is 5.11 Å². The van der Waals surface area contributed by atoms with Crippen molar-refractivity contribution in [2.45, 2.75) is 26.2 Å². The van der Waals surface area contributed by atoms with Gasteiger partial charge in [0.2, 0.25) is 0 Å². The minimum Gasteiger partial charge on any atom is -0.507 e. The topological polar surface area (TPSA) is 50.4 Å². The van der Waals surface area contributed by atoms with Crippen molar-refractivity contribution in [1.82, 2.24) is 0 Å². The van der Waals surface area contributed by atoms with Crippen LogP contribution in [0.4, 0.5) is 0 Å². The van der Waals surface area contributed by atoms with Crippen molar-refractivity contribution in [3.05, 3.63) is 64.3 Å². The van der Waals surface area contributed by atoms with Gasteiger partial charge in [-0.3, -0.25) is 4.79 Å². The Morgan fingerprint density at radius 2 is 1.86 bits per heavy atom. The van der Waals surface area contributed by atoms with Gasteiger partial charge < -0.3 is 9.52 Å². The van der Waals surface area contributed by atoms with Crippen LogP contribution >= 0.6 is 0 Å². The molecule has 1 aromatic heterocycles. The number of hydrogen-bond donors (Lipinski definition) is 1. The minimum absolute atomic E-state index is 0.00281. The van der Waals surface area contributed by atoms with Crippen molar-refractivity contribution in [2.24, 2.45) is 0 Å². The van der Waals surface area contributed by atoms with E-state index in [0.717, 1.165) is 30.4 Å². The van der Waals surface area contributed by atoms with Crippen LogP contribution in [0, 0.1) is 0 Å². The first-order chi connectivity index (χ1) is 10.7. The second-order valence-electron chi connectivity index (χ2n) is 5.43. The van der Waals surface area contributed by atoms with Crippen molar-refractivity contribution in [3.63, 3.8) is 0 Å². The van der Waals surface area contributed by atoms with Crippen LogP contribution in [0.2, 0.25) is 0 Å². The maximum atomic E-state index is 12.3. The highest BCUT2D eigenvalue weighted by Crippen LogP contribution is 2.28. The lowest BCUT2D eigenvalue weighted by molar-refractivity contribution is 0.478. The summed E-state index contributed by atoms with van der Waals surface area (Å²) in [6, 6.07) is 14.5. The molecule has 0 bridgehead atoms. The first kappa shape index (κ1) is 14.4. The number of aromatic hydroxyl groups is 1. The van der Waals surface area contributed by atoms with E-state index >= 15 is 0 Å². The Hall–Kier alpha value is -2.55. The fourth-order valence-corrected chi connectivity index (χ4v) is 2.59. The van der Waals surface area contributed by atoms with Gasteiger partial charge >= 0.3 is 0 Å². The number of unbranched alkanes of at least 4 members (excludes halogenated alkanes) is 1. The molecule has 0 unspecified atom stereocenters. The summed E-state index contributed by atoms with van der Waals surface area (Å²) in [5, 5.41) is 10.4. The number of fused-ring (bicyclic) bond motifs is 1. The monoisotopic (exact) mass is 294 g/mol. The van der Waals surface area contributed by atoms with Crippen molar-refractivity contribution >= 4 is 11.0 Å². The lowest BCUT2D eigenvalue weighted by atomic mass is 10.0. The smallest absolute Gasteiger partial charge is 0.197 e. The van der Waals surface area contributed by atoms with E-state index in [1.165, 1.54) is 6.07 Å². The van der Waals surface area contributed by atoms with Gasteiger partial charge in [-0.05, 0) is 30.5 Å². The third-order valence-corrected chi connectivity index (χ3v) is 3.75. The summed E-state index contributed by atoms with van der Waals surface area (Å²) >= 11 is 0. The molecule has 3 rings (SSSR count). The van der Waals surface area contributed by atoms with E-state index in [4.69, 9.17) is 4.42 Å². The second kappa shape index (κ2) is 6.06. The Bertz CT molecular complexity index is 848. The van der Waals surface area contributed by atoms with E-state index in [1.54, 1.807) is 6.07 Å². The van der Waals surface area contributed by atoms with Crippen LogP contribution in [-0.2, 0) is 6.42 Å². The first-order valence-corrected chi connectivity index (χ1v) is 7.54. The summed E-state index contributed by atoms with van der Waals surface area (Å²) in [4.78, 5) is 12.3. The molecular weight excluding hydrogens is 276 g/mol. The number of rotatable bonds is 4. The van der Waals surface area contributed by atoms with Crippen molar-refractivity contribution in [3.8, 4) is 17.1 Å². The largest absolute Gasteiger partial charge is 0.507 e. The van der Waals surface area contributed by atoms with Crippen molar-refractivity contribution < 1.29 is 9.52 Å². The zero-order chi connectivity index (χ0) is 15.5. The summed E-state index contributed by atoms with van der Waals surface area (Å²) in [5.41, 5.74) is 2.05. The molecule has 0 aliphatic carbocycles. The van der Waals surface area contributed by atoms with Gasteiger partial charge in [0.1, 0.15) is 22.5 Å². The van der Waals surface area contributed by atoms with Gasteiger partial charge in [0.15, 0.2) is 5.43 Å². The van der Waals surface area contributed by atoms with Crippen LogP contribution in [0.15, 0.2) is 57.7 Å². The molecule has 0 saturated carbocycles. The minimum atomic E-state index is -0.223.